The molecule has 89 valence electrons. The SMILES string of the molecule is Cc1c[c]cc(C(C)(C)CC(C)(C)C)c1O. The van der Waals surface area contributed by atoms with Crippen molar-refractivity contribution in [1.29, 1.82) is 0 Å². The van der Waals surface area contributed by atoms with Gasteiger partial charge in [-0.3, -0.25) is 0 Å². The Bertz CT molecular complexity index is 370. The Morgan fingerprint density at radius 2 is 1.69 bits per heavy atom. The van der Waals surface area contributed by atoms with Gasteiger partial charge in [0.2, 0.25) is 0 Å². The van der Waals surface area contributed by atoms with Crippen LogP contribution < -0.4 is 0 Å². The fourth-order valence-electron chi connectivity index (χ4n) is 2.54. The van der Waals surface area contributed by atoms with E-state index in [0.717, 1.165) is 17.5 Å². The van der Waals surface area contributed by atoms with Gasteiger partial charge in [0.1, 0.15) is 5.75 Å². The van der Waals surface area contributed by atoms with Crippen LogP contribution in [0.4, 0.5) is 0 Å². The fourth-order valence-corrected chi connectivity index (χ4v) is 2.54. The van der Waals surface area contributed by atoms with Crippen molar-refractivity contribution in [1.82, 2.24) is 0 Å². The maximum atomic E-state index is 10.1. The van der Waals surface area contributed by atoms with Crippen LogP contribution >= 0.6 is 0 Å². The molecule has 1 N–H and O–H groups in total. The van der Waals surface area contributed by atoms with Gasteiger partial charge in [-0.05, 0) is 47.9 Å². The lowest BCUT2D eigenvalue weighted by Crippen LogP contribution is -2.25. The van der Waals surface area contributed by atoms with Gasteiger partial charge in [0.25, 0.3) is 0 Å². The Morgan fingerprint density at radius 1 is 1.12 bits per heavy atom. The highest BCUT2D eigenvalue weighted by atomic mass is 16.3. The lowest BCUT2D eigenvalue weighted by Gasteiger charge is -2.33. The molecule has 0 heterocycles. The van der Waals surface area contributed by atoms with E-state index in [0.29, 0.717) is 5.75 Å². The number of benzene rings is 1. The average molecular weight is 219 g/mol. The molecule has 1 aromatic carbocycles. The number of aromatic hydroxyl groups is 1. The molecule has 0 bridgehead atoms. The van der Waals surface area contributed by atoms with E-state index in [9.17, 15) is 5.11 Å². The zero-order chi connectivity index (χ0) is 12.6. The Balaban J connectivity index is 3.12. The standard InChI is InChI=1S/C15H23O/c1-11-8-7-9-12(13(11)16)15(5,6)10-14(2,3)4/h8-9,16H,10H2,1-6H3. The van der Waals surface area contributed by atoms with Crippen LogP contribution in [0, 0.1) is 18.4 Å². The molecule has 0 atom stereocenters. The molecular weight excluding hydrogens is 196 g/mol. The van der Waals surface area contributed by atoms with Gasteiger partial charge < -0.3 is 5.11 Å². The van der Waals surface area contributed by atoms with Crippen molar-refractivity contribution in [2.24, 2.45) is 5.41 Å². The Morgan fingerprint density at radius 3 is 2.19 bits per heavy atom. The zero-order valence-electron chi connectivity index (χ0n) is 11.3. The van der Waals surface area contributed by atoms with Crippen LogP contribution in [0.15, 0.2) is 12.1 Å². The minimum atomic E-state index is -0.0230. The van der Waals surface area contributed by atoms with Crippen molar-refractivity contribution in [3.63, 3.8) is 0 Å². The highest BCUT2D eigenvalue weighted by molar-refractivity contribution is 5.43. The van der Waals surface area contributed by atoms with Crippen molar-refractivity contribution < 1.29 is 5.11 Å². The van der Waals surface area contributed by atoms with Gasteiger partial charge in [0.15, 0.2) is 0 Å². The minimum absolute atomic E-state index is 0.0230. The summed E-state index contributed by atoms with van der Waals surface area (Å²) in [5.74, 6) is 0.424. The Hall–Kier alpha value is -0.980. The van der Waals surface area contributed by atoms with Crippen LogP contribution in [-0.4, -0.2) is 5.11 Å². The second-order valence-corrected chi connectivity index (χ2v) is 6.52. The predicted molar refractivity (Wildman–Crippen MR) is 68.8 cm³/mol. The van der Waals surface area contributed by atoms with E-state index < -0.39 is 0 Å². The normalized spacial score (nSPS) is 12.9. The summed E-state index contributed by atoms with van der Waals surface area (Å²) in [6.07, 6.45) is 1.03. The molecule has 0 saturated heterocycles. The maximum absolute atomic E-state index is 10.1. The quantitative estimate of drug-likeness (QED) is 0.789. The second kappa shape index (κ2) is 4.12. The largest absolute Gasteiger partial charge is 0.507 e. The fraction of sp³-hybridized carbons (Fsp3) is 0.600. The monoisotopic (exact) mass is 219 g/mol. The van der Waals surface area contributed by atoms with Crippen LogP contribution in [0.1, 0.15) is 52.2 Å². The molecule has 0 aliphatic rings. The van der Waals surface area contributed by atoms with Crippen molar-refractivity contribution in [3.8, 4) is 5.75 Å². The van der Waals surface area contributed by atoms with Gasteiger partial charge in [-0.25, -0.2) is 0 Å². The lowest BCUT2D eigenvalue weighted by atomic mass is 9.72. The topological polar surface area (TPSA) is 20.2 Å². The summed E-state index contributed by atoms with van der Waals surface area (Å²) >= 11 is 0. The number of phenols is 1. The first kappa shape index (κ1) is 13.1. The number of hydrogen-bond donors (Lipinski definition) is 1. The molecule has 1 nitrogen and oxygen atoms in total. The molecule has 0 saturated carbocycles. The van der Waals surface area contributed by atoms with Crippen molar-refractivity contribution >= 4 is 0 Å². The molecule has 1 aromatic rings. The third-order valence-corrected chi connectivity index (χ3v) is 2.86. The van der Waals surface area contributed by atoms with Crippen molar-refractivity contribution in [2.75, 3.05) is 0 Å². The van der Waals surface area contributed by atoms with Crippen LogP contribution in [0.5, 0.6) is 5.75 Å². The van der Waals surface area contributed by atoms with Crippen LogP contribution in [-0.2, 0) is 5.41 Å². The number of rotatable bonds is 2. The molecule has 1 radical (unpaired) electrons. The van der Waals surface area contributed by atoms with Gasteiger partial charge in [0, 0.05) is 5.56 Å². The van der Waals surface area contributed by atoms with Crippen LogP contribution in [0.3, 0.4) is 0 Å². The summed E-state index contributed by atoms with van der Waals surface area (Å²) in [4.78, 5) is 0. The second-order valence-electron chi connectivity index (χ2n) is 6.52. The van der Waals surface area contributed by atoms with E-state index in [1.54, 1.807) is 0 Å². The van der Waals surface area contributed by atoms with Crippen LogP contribution in [0.25, 0.3) is 0 Å². The summed E-state index contributed by atoms with van der Waals surface area (Å²) < 4.78 is 0. The molecule has 1 heteroatoms. The van der Waals surface area contributed by atoms with Crippen molar-refractivity contribution in [3.05, 3.63) is 29.3 Å². The van der Waals surface area contributed by atoms with E-state index >= 15 is 0 Å². The average Bonchev–Trinajstić information content (AvgIpc) is 2.05. The summed E-state index contributed by atoms with van der Waals surface area (Å²) in [5.41, 5.74) is 2.13. The Labute approximate surface area is 99.5 Å². The van der Waals surface area contributed by atoms with E-state index in [2.05, 4.69) is 40.7 Å². The van der Waals surface area contributed by atoms with Gasteiger partial charge in [-0.15, -0.1) is 0 Å². The molecule has 0 unspecified atom stereocenters. The molecule has 16 heavy (non-hydrogen) atoms. The number of phenolic OH excluding ortho intramolecular Hbond substituents is 1. The van der Waals surface area contributed by atoms with E-state index in [-0.39, 0.29) is 10.8 Å². The van der Waals surface area contributed by atoms with Crippen molar-refractivity contribution in [2.45, 2.75) is 53.4 Å². The van der Waals surface area contributed by atoms with Gasteiger partial charge in [-0.2, -0.15) is 0 Å². The summed E-state index contributed by atoms with van der Waals surface area (Å²) in [6, 6.07) is 6.84. The summed E-state index contributed by atoms with van der Waals surface area (Å²) in [7, 11) is 0. The number of hydrogen-bond acceptors (Lipinski definition) is 1. The molecule has 0 aliphatic heterocycles. The first-order chi connectivity index (χ1) is 7.13. The van der Waals surface area contributed by atoms with E-state index in [1.165, 1.54) is 0 Å². The molecule has 0 aromatic heterocycles. The molecule has 1 rings (SSSR count). The Kier molecular flexibility index (Phi) is 3.37. The van der Waals surface area contributed by atoms with Crippen LogP contribution in [0.2, 0.25) is 0 Å². The third kappa shape index (κ3) is 3.01. The molecule has 0 aliphatic carbocycles. The van der Waals surface area contributed by atoms with Gasteiger partial charge >= 0.3 is 0 Å². The number of aryl methyl sites for hydroxylation is 1. The van der Waals surface area contributed by atoms with Gasteiger partial charge in [-0.1, -0.05) is 34.6 Å². The highest BCUT2D eigenvalue weighted by Crippen LogP contribution is 2.40. The first-order valence-electron chi connectivity index (χ1n) is 5.84. The lowest BCUT2D eigenvalue weighted by molar-refractivity contribution is 0.278. The first-order valence-corrected chi connectivity index (χ1v) is 5.84. The minimum Gasteiger partial charge on any atom is -0.507 e. The van der Waals surface area contributed by atoms with Gasteiger partial charge in [0.05, 0.1) is 0 Å². The molecule has 0 fully saturated rings. The maximum Gasteiger partial charge on any atom is 0.122 e. The molecular formula is C15H23O. The predicted octanol–water partition coefficient (Wildman–Crippen LogP) is 4.21. The van der Waals surface area contributed by atoms with E-state index in [1.807, 2.05) is 19.1 Å². The summed E-state index contributed by atoms with van der Waals surface area (Å²) in [6.45, 7) is 13.0. The third-order valence-electron chi connectivity index (χ3n) is 2.86. The smallest absolute Gasteiger partial charge is 0.122 e. The molecule has 0 spiro atoms. The molecule has 0 amide bonds. The zero-order valence-corrected chi connectivity index (χ0v) is 11.3. The highest BCUT2D eigenvalue weighted by Gasteiger charge is 2.29. The summed E-state index contributed by atoms with van der Waals surface area (Å²) in [5, 5.41) is 10.1. The van der Waals surface area contributed by atoms with E-state index in [4.69, 9.17) is 0 Å².